The largest absolute Gasteiger partial charge is 0.352 e. The molecule has 0 bridgehead atoms. The minimum absolute atomic E-state index is 0.0159. The highest BCUT2D eigenvalue weighted by atomic mass is 32.1. The van der Waals surface area contributed by atoms with E-state index < -0.39 is 0 Å². The monoisotopic (exact) mass is 501 g/mol. The van der Waals surface area contributed by atoms with Crippen molar-refractivity contribution in [3.8, 4) is 16.9 Å². The fourth-order valence-electron chi connectivity index (χ4n) is 4.17. The molecule has 182 valence electrons. The number of carbonyl (C=O) groups excluding carboxylic acids is 1. The Kier molecular flexibility index (Phi) is 6.24. The molecule has 0 spiro atoms. The summed E-state index contributed by atoms with van der Waals surface area (Å²) in [5.74, 6) is -0.570. The maximum atomic E-state index is 13.6. The highest BCUT2D eigenvalue weighted by Crippen LogP contribution is 2.24. The molecule has 5 aromatic rings. The Morgan fingerprint density at radius 3 is 2.61 bits per heavy atom. The van der Waals surface area contributed by atoms with Gasteiger partial charge in [0.25, 0.3) is 5.56 Å². The first kappa shape index (κ1) is 23.6. The van der Waals surface area contributed by atoms with Crippen LogP contribution in [-0.2, 0) is 17.8 Å². The van der Waals surface area contributed by atoms with E-state index in [9.17, 15) is 14.0 Å². The topological polar surface area (TPSA) is 81.3 Å². The van der Waals surface area contributed by atoms with Crippen LogP contribution in [0.25, 0.3) is 21.9 Å². The number of benzene rings is 2. The first-order chi connectivity index (χ1) is 17.3. The molecule has 0 aliphatic rings. The molecule has 0 aliphatic heterocycles. The molecule has 0 radical (unpaired) electrons. The predicted molar refractivity (Wildman–Crippen MR) is 138 cm³/mol. The van der Waals surface area contributed by atoms with Crippen molar-refractivity contribution in [3.05, 3.63) is 104 Å². The van der Waals surface area contributed by atoms with Crippen LogP contribution in [-0.4, -0.2) is 25.1 Å². The van der Waals surface area contributed by atoms with Gasteiger partial charge in [-0.25, -0.2) is 14.1 Å². The number of hydrogen-bond acceptors (Lipinski definition) is 5. The van der Waals surface area contributed by atoms with E-state index in [1.54, 1.807) is 24.4 Å². The molecular weight excluding hydrogens is 477 g/mol. The Morgan fingerprint density at radius 2 is 1.86 bits per heavy atom. The molecule has 3 heterocycles. The molecule has 7 nitrogen and oxygen atoms in total. The van der Waals surface area contributed by atoms with Crippen LogP contribution in [0.4, 0.5) is 4.39 Å². The molecule has 0 atom stereocenters. The lowest BCUT2D eigenvalue weighted by Gasteiger charge is -2.07. The minimum atomic E-state index is -0.327. The van der Waals surface area contributed by atoms with Crippen molar-refractivity contribution in [1.29, 1.82) is 0 Å². The van der Waals surface area contributed by atoms with Crippen LogP contribution in [0.3, 0.4) is 0 Å². The number of halogens is 1. The summed E-state index contributed by atoms with van der Waals surface area (Å²) in [6, 6.07) is 15.8. The lowest BCUT2D eigenvalue weighted by Crippen LogP contribution is -2.27. The third-order valence-electron chi connectivity index (χ3n) is 5.96. The first-order valence-corrected chi connectivity index (χ1v) is 12.3. The van der Waals surface area contributed by atoms with Gasteiger partial charge in [0.05, 0.1) is 23.4 Å². The summed E-state index contributed by atoms with van der Waals surface area (Å²) in [6.07, 6.45) is 0.0159. The number of fused-ring (bicyclic) bond motifs is 1. The van der Waals surface area contributed by atoms with Crippen molar-refractivity contribution in [3.63, 3.8) is 0 Å². The number of thiazole rings is 1. The van der Waals surface area contributed by atoms with Gasteiger partial charge in [-0.1, -0.05) is 24.3 Å². The maximum Gasteiger partial charge on any atom is 0.268 e. The van der Waals surface area contributed by atoms with E-state index in [-0.39, 0.29) is 30.2 Å². The number of rotatable bonds is 6. The Labute approximate surface area is 210 Å². The van der Waals surface area contributed by atoms with Gasteiger partial charge in [0.2, 0.25) is 5.91 Å². The predicted octanol–water partition coefficient (Wildman–Crippen LogP) is 4.53. The second-order valence-corrected chi connectivity index (χ2v) is 9.56. The zero-order valence-corrected chi connectivity index (χ0v) is 20.9. The zero-order chi connectivity index (χ0) is 25.4. The molecule has 36 heavy (non-hydrogen) atoms. The first-order valence-electron chi connectivity index (χ1n) is 11.4. The number of nitrogens with zero attached hydrogens (tertiary/aromatic N) is 4. The van der Waals surface area contributed by atoms with Crippen LogP contribution in [0.1, 0.15) is 28.2 Å². The molecule has 0 fully saturated rings. The Hall–Kier alpha value is -4.11. The van der Waals surface area contributed by atoms with Gasteiger partial charge in [-0.3, -0.25) is 14.0 Å². The van der Waals surface area contributed by atoms with E-state index in [4.69, 9.17) is 5.10 Å². The summed E-state index contributed by atoms with van der Waals surface area (Å²) in [6.45, 7) is 6.03. The van der Waals surface area contributed by atoms with Crippen LogP contribution in [0.5, 0.6) is 0 Å². The Morgan fingerprint density at radius 1 is 1.08 bits per heavy atom. The van der Waals surface area contributed by atoms with Crippen molar-refractivity contribution in [1.82, 2.24) is 24.5 Å². The number of nitrogens with one attached hydrogen (secondary N) is 1. The third kappa shape index (κ3) is 4.57. The Balaban J connectivity index is 1.46. The van der Waals surface area contributed by atoms with Crippen LogP contribution in [0.2, 0.25) is 0 Å². The SMILES string of the molecule is Cc1cccc(-n2nc(-c3c(C)nc4scc(CC(=O)NCc5ccc(F)cc5)n4c3=O)cc2C)c1. The van der Waals surface area contributed by atoms with E-state index in [0.29, 0.717) is 27.6 Å². The van der Waals surface area contributed by atoms with Gasteiger partial charge in [-0.2, -0.15) is 5.10 Å². The van der Waals surface area contributed by atoms with E-state index >= 15 is 0 Å². The van der Waals surface area contributed by atoms with Gasteiger partial charge < -0.3 is 5.32 Å². The van der Waals surface area contributed by atoms with E-state index in [1.165, 1.54) is 27.9 Å². The molecule has 9 heteroatoms. The fourth-order valence-corrected chi connectivity index (χ4v) is 5.10. The highest BCUT2D eigenvalue weighted by molar-refractivity contribution is 7.15. The summed E-state index contributed by atoms with van der Waals surface area (Å²) >= 11 is 1.32. The van der Waals surface area contributed by atoms with Crippen LogP contribution >= 0.6 is 11.3 Å². The van der Waals surface area contributed by atoms with Crippen molar-refractivity contribution in [2.45, 2.75) is 33.7 Å². The quantitative estimate of drug-likeness (QED) is 0.371. The van der Waals surface area contributed by atoms with E-state index in [1.807, 2.05) is 48.9 Å². The number of carbonyl (C=O) groups is 1. The zero-order valence-electron chi connectivity index (χ0n) is 20.1. The molecular formula is C27H24FN5O2S. The average Bonchev–Trinajstić information content (AvgIpc) is 3.42. The third-order valence-corrected chi connectivity index (χ3v) is 6.83. The van der Waals surface area contributed by atoms with Gasteiger partial charge in [0, 0.05) is 23.3 Å². The molecule has 0 aliphatic carbocycles. The molecule has 0 saturated heterocycles. The van der Waals surface area contributed by atoms with Crippen LogP contribution in [0, 0.1) is 26.6 Å². The summed E-state index contributed by atoms with van der Waals surface area (Å²) < 4.78 is 16.4. The van der Waals surface area contributed by atoms with Crippen molar-refractivity contribution >= 4 is 22.2 Å². The van der Waals surface area contributed by atoms with Crippen LogP contribution < -0.4 is 10.9 Å². The van der Waals surface area contributed by atoms with Crippen molar-refractivity contribution in [2.75, 3.05) is 0 Å². The second-order valence-electron chi connectivity index (χ2n) is 8.72. The average molecular weight is 502 g/mol. The van der Waals surface area contributed by atoms with Crippen molar-refractivity contribution < 1.29 is 9.18 Å². The molecule has 2 aromatic carbocycles. The maximum absolute atomic E-state index is 13.6. The fraction of sp³-hybridized carbons (Fsp3) is 0.185. The normalized spacial score (nSPS) is 11.2. The van der Waals surface area contributed by atoms with Gasteiger partial charge in [-0.05, 0) is 62.2 Å². The standard InChI is InChI=1S/C27H24FN5O2S/c1-16-5-4-6-21(11-16)33-17(2)12-23(31-33)25-18(3)30-27-32(26(25)35)22(15-36-27)13-24(34)29-14-19-7-9-20(28)10-8-19/h4-12,15H,13-14H2,1-3H3,(H,29,34). The van der Waals surface area contributed by atoms with Gasteiger partial charge in [0.15, 0.2) is 4.96 Å². The number of aromatic nitrogens is 4. The lowest BCUT2D eigenvalue weighted by molar-refractivity contribution is -0.120. The summed E-state index contributed by atoms with van der Waals surface area (Å²) in [5.41, 5.74) is 5.55. The number of aryl methyl sites for hydroxylation is 3. The van der Waals surface area contributed by atoms with Gasteiger partial charge >= 0.3 is 0 Å². The molecule has 3 aromatic heterocycles. The number of hydrogen-bond donors (Lipinski definition) is 1. The van der Waals surface area contributed by atoms with E-state index in [0.717, 1.165) is 22.5 Å². The van der Waals surface area contributed by atoms with E-state index in [2.05, 4.69) is 10.3 Å². The van der Waals surface area contributed by atoms with Crippen molar-refractivity contribution in [2.24, 2.45) is 0 Å². The molecule has 1 amide bonds. The summed E-state index contributed by atoms with van der Waals surface area (Å²) in [4.78, 5) is 31.4. The minimum Gasteiger partial charge on any atom is -0.352 e. The Bertz CT molecular complexity index is 1650. The van der Waals surface area contributed by atoms with Gasteiger partial charge in [-0.15, -0.1) is 11.3 Å². The smallest absolute Gasteiger partial charge is 0.268 e. The summed E-state index contributed by atoms with van der Waals surface area (Å²) in [7, 11) is 0. The molecule has 0 unspecified atom stereocenters. The molecule has 1 N–H and O–H groups in total. The molecule has 0 saturated carbocycles. The lowest BCUT2D eigenvalue weighted by atomic mass is 10.1. The second kappa shape index (κ2) is 9.50. The van der Waals surface area contributed by atoms with Crippen LogP contribution in [0.15, 0.2) is 64.8 Å². The highest BCUT2D eigenvalue weighted by Gasteiger charge is 2.20. The molecule has 5 rings (SSSR count). The number of amides is 1. The summed E-state index contributed by atoms with van der Waals surface area (Å²) in [5, 5.41) is 9.33. The van der Waals surface area contributed by atoms with Gasteiger partial charge in [0.1, 0.15) is 11.5 Å².